The molecule has 0 saturated carbocycles. The van der Waals surface area contributed by atoms with E-state index in [-0.39, 0.29) is 17.2 Å². The Morgan fingerprint density at radius 1 is 1.18 bits per heavy atom. The highest BCUT2D eigenvalue weighted by Crippen LogP contribution is 2.31. The normalized spacial score (nSPS) is 13.6. The highest BCUT2D eigenvalue weighted by atomic mass is 32.2. The molecule has 0 bridgehead atoms. The van der Waals surface area contributed by atoms with Crippen molar-refractivity contribution < 1.29 is 19.0 Å². The zero-order chi connectivity index (χ0) is 23.6. The molecule has 1 amide bonds. The summed E-state index contributed by atoms with van der Waals surface area (Å²) in [7, 11) is 4.73. The van der Waals surface area contributed by atoms with E-state index in [4.69, 9.17) is 19.2 Å². The minimum atomic E-state index is -0.139. The second-order valence-corrected chi connectivity index (χ2v) is 8.86. The summed E-state index contributed by atoms with van der Waals surface area (Å²) in [6.45, 7) is 1.68. The molecule has 180 valence electrons. The van der Waals surface area contributed by atoms with Crippen molar-refractivity contribution in [2.75, 3.05) is 40.2 Å². The minimum Gasteiger partial charge on any atom is -0.493 e. The first-order chi connectivity index (χ1) is 16.1. The number of hydrogen-bond acceptors (Lipinski definition) is 7. The lowest BCUT2D eigenvalue weighted by Gasteiger charge is -2.17. The van der Waals surface area contributed by atoms with Crippen LogP contribution in [0.4, 0.5) is 0 Å². The van der Waals surface area contributed by atoms with Gasteiger partial charge in [-0.05, 0) is 44.6 Å². The van der Waals surface area contributed by atoms with Crippen LogP contribution in [0.2, 0.25) is 0 Å². The van der Waals surface area contributed by atoms with E-state index in [1.807, 2.05) is 0 Å². The number of ether oxygens (including phenoxy) is 3. The predicted octanol–water partition coefficient (Wildman–Crippen LogP) is 3.55. The van der Waals surface area contributed by atoms with Gasteiger partial charge in [0.05, 0.1) is 30.9 Å². The molecule has 1 N–H and O–H groups in total. The number of benzene rings is 1. The van der Waals surface area contributed by atoms with E-state index in [1.165, 1.54) is 30.2 Å². The van der Waals surface area contributed by atoms with Crippen LogP contribution in [0.3, 0.4) is 0 Å². The summed E-state index contributed by atoms with van der Waals surface area (Å²) in [6.07, 6.45) is 8.44. The highest BCUT2D eigenvalue weighted by Gasteiger charge is 2.17. The molecule has 1 aromatic carbocycles. The van der Waals surface area contributed by atoms with Gasteiger partial charge in [0.15, 0.2) is 16.7 Å². The molecule has 33 heavy (non-hydrogen) atoms. The van der Waals surface area contributed by atoms with Crippen molar-refractivity contribution in [3.8, 4) is 11.5 Å². The molecule has 2 aromatic rings. The van der Waals surface area contributed by atoms with Gasteiger partial charge in [-0.3, -0.25) is 14.2 Å². The van der Waals surface area contributed by atoms with Gasteiger partial charge in [-0.1, -0.05) is 23.4 Å². The van der Waals surface area contributed by atoms with Crippen LogP contribution in [0.1, 0.15) is 38.5 Å². The Morgan fingerprint density at radius 3 is 2.67 bits per heavy atom. The van der Waals surface area contributed by atoms with E-state index in [0.29, 0.717) is 47.3 Å². The first-order valence-corrected chi connectivity index (χ1v) is 12.3. The standard InChI is InChI=1S/C24H33N3O5S/c1-30-13-7-11-25-22(28)16-33-24-26-19-15-21(32-3)20(31-2)14-18(19)23(29)27(24)12-10-17-8-5-4-6-9-17/h8,14-15H,4-7,9-13,16H2,1-3H3,(H,25,28). The molecule has 1 aliphatic rings. The van der Waals surface area contributed by atoms with Gasteiger partial charge >= 0.3 is 0 Å². The maximum absolute atomic E-state index is 13.5. The molecule has 1 aliphatic carbocycles. The van der Waals surface area contributed by atoms with Gasteiger partial charge < -0.3 is 19.5 Å². The summed E-state index contributed by atoms with van der Waals surface area (Å²) in [4.78, 5) is 30.5. The molecule has 3 rings (SSSR count). The van der Waals surface area contributed by atoms with E-state index in [9.17, 15) is 9.59 Å². The molecule has 0 spiro atoms. The second-order valence-electron chi connectivity index (χ2n) is 7.92. The first kappa shape index (κ1) is 25.1. The van der Waals surface area contributed by atoms with Gasteiger partial charge in [0.2, 0.25) is 5.91 Å². The van der Waals surface area contributed by atoms with Crippen LogP contribution in [0.25, 0.3) is 10.9 Å². The average Bonchev–Trinajstić information content (AvgIpc) is 2.84. The summed E-state index contributed by atoms with van der Waals surface area (Å²) < 4.78 is 17.5. The number of fused-ring (bicyclic) bond motifs is 1. The number of rotatable bonds is 12. The topological polar surface area (TPSA) is 91.7 Å². The van der Waals surface area contributed by atoms with Gasteiger partial charge in [-0.2, -0.15) is 0 Å². The third-order valence-corrected chi connectivity index (χ3v) is 6.62. The Labute approximate surface area is 198 Å². The molecule has 8 nitrogen and oxygen atoms in total. The number of aromatic nitrogens is 2. The van der Waals surface area contributed by atoms with Crippen LogP contribution in [0, 0.1) is 0 Å². The quantitative estimate of drug-likeness (QED) is 0.217. The summed E-state index contributed by atoms with van der Waals surface area (Å²) in [5, 5.41) is 3.88. The highest BCUT2D eigenvalue weighted by molar-refractivity contribution is 7.99. The maximum Gasteiger partial charge on any atom is 0.262 e. The third kappa shape index (κ3) is 6.74. The van der Waals surface area contributed by atoms with Crippen molar-refractivity contribution in [1.82, 2.24) is 14.9 Å². The fourth-order valence-corrected chi connectivity index (χ4v) is 4.70. The number of thioether (sulfide) groups is 1. The number of carbonyl (C=O) groups excluding carboxylic acids is 1. The van der Waals surface area contributed by atoms with Crippen molar-refractivity contribution in [2.45, 2.75) is 50.2 Å². The summed E-state index contributed by atoms with van der Waals surface area (Å²) in [5.41, 5.74) is 1.77. The molecule has 0 aliphatic heterocycles. The maximum atomic E-state index is 13.5. The van der Waals surface area contributed by atoms with Crippen LogP contribution < -0.4 is 20.3 Å². The van der Waals surface area contributed by atoms with Gasteiger partial charge in [-0.15, -0.1) is 0 Å². The Kier molecular flexibility index (Phi) is 9.62. The van der Waals surface area contributed by atoms with Gasteiger partial charge in [0, 0.05) is 32.9 Å². The molecule has 0 fully saturated rings. The van der Waals surface area contributed by atoms with Crippen molar-refractivity contribution in [3.05, 3.63) is 34.1 Å². The molecule has 0 atom stereocenters. The minimum absolute atomic E-state index is 0.0979. The molecule has 9 heteroatoms. The van der Waals surface area contributed by atoms with Crippen LogP contribution in [0.5, 0.6) is 11.5 Å². The second kappa shape index (κ2) is 12.6. The fourth-order valence-electron chi connectivity index (χ4n) is 3.85. The molecular weight excluding hydrogens is 442 g/mol. The molecule has 0 saturated heterocycles. The summed E-state index contributed by atoms with van der Waals surface area (Å²) in [5.74, 6) is 1.08. The van der Waals surface area contributed by atoms with Crippen molar-refractivity contribution in [2.24, 2.45) is 0 Å². The lowest BCUT2D eigenvalue weighted by Crippen LogP contribution is -2.28. The van der Waals surface area contributed by atoms with E-state index in [0.717, 1.165) is 25.7 Å². The molecule has 0 unspecified atom stereocenters. The first-order valence-electron chi connectivity index (χ1n) is 11.3. The molecule has 1 aromatic heterocycles. The third-order valence-electron chi connectivity index (χ3n) is 5.65. The zero-order valence-corrected chi connectivity index (χ0v) is 20.5. The SMILES string of the molecule is COCCCNC(=O)CSc1nc2cc(OC)c(OC)cc2c(=O)n1CCC1=CCCCC1. The number of methoxy groups -OCH3 is 3. The van der Waals surface area contributed by atoms with Crippen molar-refractivity contribution in [3.63, 3.8) is 0 Å². The van der Waals surface area contributed by atoms with E-state index in [1.54, 1.807) is 38.0 Å². The molecule has 0 radical (unpaired) electrons. The number of carbonyl (C=O) groups is 1. The van der Waals surface area contributed by atoms with Crippen LogP contribution in [-0.4, -0.2) is 55.7 Å². The van der Waals surface area contributed by atoms with Crippen LogP contribution in [-0.2, 0) is 16.1 Å². The number of amides is 1. The summed E-state index contributed by atoms with van der Waals surface area (Å²) >= 11 is 1.27. The predicted molar refractivity (Wildman–Crippen MR) is 131 cm³/mol. The Hall–Kier alpha value is -2.52. The van der Waals surface area contributed by atoms with E-state index >= 15 is 0 Å². The lowest BCUT2D eigenvalue weighted by atomic mass is 9.97. The lowest BCUT2D eigenvalue weighted by molar-refractivity contribution is -0.118. The fraction of sp³-hybridized carbons (Fsp3) is 0.542. The van der Waals surface area contributed by atoms with Crippen molar-refractivity contribution >= 4 is 28.6 Å². The smallest absolute Gasteiger partial charge is 0.262 e. The monoisotopic (exact) mass is 475 g/mol. The zero-order valence-electron chi connectivity index (χ0n) is 19.6. The Morgan fingerprint density at radius 2 is 1.97 bits per heavy atom. The number of nitrogens with zero attached hydrogens (tertiary/aromatic N) is 2. The van der Waals surface area contributed by atoms with Gasteiger partial charge in [0.1, 0.15) is 0 Å². The van der Waals surface area contributed by atoms with Crippen LogP contribution in [0.15, 0.2) is 33.7 Å². The molecular formula is C24H33N3O5S. The number of allylic oxidation sites excluding steroid dienone is 2. The van der Waals surface area contributed by atoms with E-state index in [2.05, 4.69) is 11.4 Å². The van der Waals surface area contributed by atoms with Crippen molar-refractivity contribution in [1.29, 1.82) is 0 Å². The summed E-state index contributed by atoms with van der Waals surface area (Å²) in [6, 6.07) is 3.38. The largest absolute Gasteiger partial charge is 0.493 e. The van der Waals surface area contributed by atoms with Gasteiger partial charge in [0.25, 0.3) is 5.56 Å². The Balaban J connectivity index is 1.87. The van der Waals surface area contributed by atoms with E-state index < -0.39 is 0 Å². The molecule has 1 heterocycles. The van der Waals surface area contributed by atoms with Crippen LogP contribution >= 0.6 is 11.8 Å². The average molecular weight is 476 g/mol. The number of hydrogen-bond donors (Lipinski definition) is 1. The Bertz CT molecular complexity index is 1050. The number of nitrogens with one attached hydrogen (secondary N) is 1. The van der Waals surface area contributed by atoms with Gasteiger partial charge in [-0.25, -0.2) is 4.98 Å².